The second-order valence-electron chi connectivity index (χ2n) is 4.63. The van der Waals surface area contributed by atoms with E-state index in [1.807, 2.05) is 6.07 Å². The molecule has 0 spiro atoms. The molecule has 118 valence electrons. The Kier molecular flexibility index (Phi) is 6.81. The number of carbonyl (C=O) groups is 1. The Morgan fingerprint density at radius 3 is 2.71 bits per heavy atom. The van der Waals surface area contributed by atoms with Gasteiger partial charge >= 0.3 is 13.6 Å². The quantitative estimate of drug-likeness (QED) is 0.382. The van der Waals surface area contributed by atoms with E-state index in [4.69, 9.17) is 0 Å². The summed E-state index contributed by atoms with van der Waals surface area (Å²) < 4.78 is 15.7. The van der Waals surface area contributed by atoms with Crippen molar-refractivity contribution < 1.29 is 23.9 Å². The zero-order valence-corrected chi connectivity index (χ0v) is 13.0. The molecule has 21 heavy (non-hydrogen) atoms. The van der Waals surface area contributed by atoms with Crippen LogP contribution in [0.2, 0.25) is 0 Å². The first-order valence-electron chi connectivity index (χ1n) is 6.74. The van der Waals surface area contributed by atoms with Gasteiger partial charge in [0.25, 0.3) is 0 Å². The molecule has 0 amide bonds. The Hall–Kier alpha value is -1.43. The third-order valence-corrected chi connectivity index (χ3v) is 3.90. The van der Waals surface area contributed by atoms with Gasteiger partial charge in [0.1, 0.15) is 5.82 Å². The van der Waals surface area contributed by atoms with Gasteiger partial charge in [-0.05, 0) is 25.0 Å². The first-order valence-corrected chi connectivity index (χ1v) is 8.42. The smallest absolute Gasteiger partial charge is 0.359 e. The summed E-state index contributed by atoms with van der Waals surface area (Å²) in [5.41, 5.74) is 0.808. The van der Waals surface area contributed by atoms with Crippen LogP contribution in [0.1, 0.15) is 31.9 Å². The summed E-state index contributed by atoms with van der Waals surface area (Å²) >= 11 is 0. The van der Waals surface area contributed by atoms with Gasteiger partial charge in [0, 0.05) is 5.69 Å². The molecule has 0 saturated heterocycles. The lowest BCUT2D eigenvalue weighted by Gasteiger charge is -2.18. The molecular weight excluding hydrogens is 295 g/mol. The number of ether oxygens (including phenoxy) is 1. The highest BCUT2D eigenvalue weighted by atomic mass is 31.2. The molecule has 1 aromatic heterocycles. The van der Waals surface area contributed by atoms with E-state index in [0.717, 1.165) is 38.5 Å². The number of unbranched alkanes of at least 4 members (excludes halogenated alkanes) is 2. The number of aromatic nitrogens is 1. The van der Waals surface area contributed by atoms with Crippen molar-refractivity contribution in [1.29, 1.82) is 0 Å². The van der Waals surface area contributed by atoms with Crippen molar-refractivity contribution in [3.05, 3.63) is 23.9 Å². The molecule has 7 nitrogen and oxygen atoms in total. The van der Waals surface area contributed by atoms with Crippen molar-refractivity contribution in [2.24, 2.45) is 0 Å². The van der Waals surface area contributed by atoms with Crippen LogP contribution in [0.15, 0.2) is 18.2 Å². The topological polar surface area (TPSA) is 109 Å². The van der Waals surface area contributed by atoms with Crippen molar-refractivity contribution in [2.75, 3.05) is 12.4 Å². The van der Waals surface area contributed by atoms with Crippen molar-refractivity contribution >= 4 is 19.4 Å². The minimum absolute atomic E-state index is 0.239. The highest BCUT2D eigenvalue weighted by Crippen LogP contribution is 2.41. The van der Waals surface area contributed by atoms with Gasteiger partial charge in [-0.1, -0.05) is 25.8 Å². The predicted octanol–water partition coefficient (Wildman–Crippen LogP) is 1.90. The molecule has 0 aromatic carbocycles. The number of esters is 1. The fourth-order valence-corrected chi connectivity index (χ4v) is 2.47. The Bertz CT molecular complexity index is 517. The number of carbonyl (C=O) groups excluding carboxylic acids is 1. The maximum absolute atomic E-state index is 11.5. The largest absolute Gasteiger partial charge is 0.467 e. The van der Waals surface area contributed by atoms with Crippen LogP contribution in [0, 0.1) is 0 Å². The van der Waals surface area contributed by atoms with Crippen LogP contribution >= 0.6 is 7.60 Å². The second-order valence-corrected chi connectivity index (χ2v) is 6.32. The molecule has 1 atom stereocenters. The summed E-state index contributed by atoms with van der Waals surface area (Å²) in [5.74, 6) is -2.54. The van der Waals surface area contributed by atoms with Crippen LogP contribution in [-0.2, 0) is 20.5 Å². The standard InChI is InChI=1S/C13H21N2O5P/c1-3-4-5-7-10-8-6-9-11(14-10)15-12(13(16)20-2)21(17,18)19/h6,8-9,12H,3-5,7H2,1-2H3,(H,14,15)(H2,17,18,19). The van der Waals surface area contributed by atoms with Crippen molar-refractivity contribution in [3.63, 3.8) is 0 Å². The molecule has 0 aliphatic carbocycles. The monoisotopic (exact) mass is 316 g/mol. The summed E-state index contributed by atoms with van der Waals surface area (Å²) in [4.78, 5) is 34.1. The van der Waals surface area contributed by atoms with Crippen LogP contribution in [0.4, 0.5) is 5.82 Å². The second kappa shape index (κ2) is 8.12. The lowest BCUT2D eigenvalue weighted by atomic mass is 10.1. The number of hydrogen-bond acceptors (Lipinski definition) is 5. The summed E-state index contributed by atoms with van der Waals surface area (Å²) in [5, 5.41) is 2.45. The van der Waals surface area contributed by atoms with Crippen molar-refractivity contribution in [1.82, 2.24) is 4.98 Å². The first-order chi connectivity index (χ1) is 9.88. The number of methoxy groups -OCH3 is 1. The number of anilines is 1. The van der Waals surface area contributed by atoms with E-state index in [2.05, 4.69) is 22.0 Å². The number of nitrogens with zero attached hydrogens (tertiary/aromatic N) is 1. The zero-order chi connectivity index (χ0) is 15.9. The molecule has 0 radical (unpaired) electrons. The normalized spacial score (nSPS) is 12.8. The molecule has 0 fully saturated rings. The molecule has 8 heteroatoms. The highest BCUT2D eigenvalue weighted by Gasteiger charge is 2.37. The minimum atomic E-state index is -4.68. The maximum atomic E-state index is 11.5. The third-order valence-electron chi connectivity index (χ3n) is 2.89. The minimum Gasteiger partial charge on any atom is -0.467 e. The number of rotatable bonds is 8. The van der Waals surface area contributed by atoms with E-state index in [-0.39, 0.29) is 5.82 Å². The number of hydrogen-bond donors (Lipinski definition) is 3. The molecule has 0 aliphatic rings. The lowest BCUT2D eigenvalue weighted by Crippen LogP contribution is -2.31. The van der Waals surface area contributed by atoms with Crippen molar-refractivity contribution in [2.45, 2.75) is 38.4 Å². The maximum Gasteiger partial charge on any atom is 0.359 e. The van der Waals surface area contributed by atoms with Gasteiger partial charge in [0.2, 0.25) is 5.78 Å². The zero-order valence-electron chi connectivity index (χ0n) is 12.2. The summed E-state index contributed by atoms with van der Waals surface area (Å²) in [7, 11) is -3.61. The van der Waals surface area contributed by atoms with Crippen LogP contribution in [0.25, 0.3) is 0 Å². The van der Waals surface area contributed by atoms with Crippen LogP contribution in [0.5, 0.6) is 0 Å². The van der Waals surface area contributed by atoms with Gasteiger partial charge in [-0.3, -0.25) is 4.57 Å². The van der Waals surface area contributed by atoms with Crippen LogP contribution in [-0.4, -0.2) is 33.6 Å². The van der Waals surface area contributed by atoms with Crippen LogP contribution < -0.4 is 5.32 Å². The molecule has 0 saturated carbocycles. The van der Waals surface area contributed by atoms with E-state index in [9.17, 15) is 19.1 Å². The Labute approximate surface area is 123 Å². The number of pyridine rings is 1. The molecule has 1 unspecified atom stereocenters. The average Bonchev–Trinajstić information content (AvgIpc) is 2.43. The fraction of sp³-hybridized carbons (Fsp3) is 0.538. The molecule has 1 aromatic rings. The predicted molar refractivity (Wildman–Crippen MR) is 78.9 cm³/mol. The SMILES string of the molecule is CCCCCc1cccc(NC(C(=O)OC)P(=O)(O)O)n1. The molecule has 1 heterocycles. The fourth-order valence-electron chi connectivity index (χ4n) is 1.79. The first kappa shape index (κ1) is 17.6. The number of aryl methyl sites for hydroxylation is 1. The lowest BCUT2D eigenvalue weighted by molar-refractivity contribution is -0.139. The van der Waals surface area contributed by atoms with Gasteiger partial charge in [0.15, 0.2) is 0 Å². The van der Waals surface area contributed by atoms with Gasteiger partial charge in [-0.25, -0.2) is 9.78 Å². The summed E-state index contributed by atoms with van der Waals surface area (Å²) in [6.07, 6.45) is 3.96. The molecule has 1 rings (SSSR count). The van der Waals surface area contributed by atoms with Crippen molar-refractivity contribution in [3.8, 4) is 0 Å². The molecule has 3 N–H and O–H groups in total. The van der Waals surface area contributed by atoms with E-state index in [0.29, 0.717) is 0 Å². The van der Waals surface area contributed by atoms with E-state index >= 15 is 0 Å². The van der Waals surface area contributed by atoms with Crippen LogP contribution in [0.3, 0.4) is 0 Å². The van der Waals surface area contributed by atoms with E-state index in [1.54, 1.807) is 12.1 Å². The third kappa shape index (κ3) is 5.83. The summed E-state index contributed by atoms with van der Waals surface area (Å²) in [6, 6.07) is 5.12. The molecule has 0 bridgehead atoms. The number of nitrogens with one attached hydrogen (secondary N) is 1. The highest BCUT2D eigenvalue weighted by molar-refractivity contribution is 7.53. The Morgan fingerprint density at radius 1 is 1.43 bits per heavy atom. The van der Waals surface area contributed by atoms with Gasteiger partial charge in [-0.15, -0.1) is 0 Å². The molecule has 0 aliphatic heterocycles. The Morgan fingerprint density at radius 2 is 2.14 bits per heavy atom. The average molecular weight is 316 g/mol. The van der Waals surface area contributed by atoms with Gasteiger partial charge < -0.3 is 19.8 Å². The Balaban J connectivity index is 2.82. The van der Waals surface area contributed by atoms with Gasteiger partial charge in [-0.2, -0.15) is 0 Å². The molecular formula is C13H21N2O5P. The summed E-state index contributed by atoms with van der Waals surface area (Å²) in [6.45, 7) is 2.10. The van der Waals surface area contributed by atoms with E-state index in [1.165, 1.54) is 0 Å². The van der Waals surface area contributed by atoms with E-state index < -0.39 is 19.3 Å². The van der Waals surface area contributed by atoms with Gasteiger partial charge in [0.05, 0.1) is 7.11 Å².